The number of rotatable bonds is 1. The Morgan fingerprint density at radius 3 is 2.58 bits per heavy atom. The Balaban J connectivity index is 1.49. The predicted octanol–water partition coefficient (Wildman–Crippen LogP) is 3.04. The van der Waals surface area contributed by atoms with E-state index in [0.29, 0.717) is 19.3 Å². The lowest BCUT2D eigenvalue weighted by Gasteiger charge is -2.59. The lowest BCUT2D eigenvalue weighted by atomic mass is 9.43. The van der Waals surface area contributed by atoms with Gasteiger partial charge in [0.2, 0.25) is 5.91 Å². The number of hydrogen-bond donors (Lipinski definition) is 0. The Kier molecular flexibility index (Phi) is 3.74. The first kappa shape index (κ1) is 20.0. The Bertz CT molecular complexity index is 940. The number of carbonyl (C=O) groups excluding carboxylic acids is 3. The molecule has 3 saturated carbocycles. The third-order valence-electron chi connectivity index (χ3n) is 10.5. The van der Waals surface area contributed by atoms with Crippen LogP contribution in [0.1, 0.15) is 65.2 Å². The molecule has 0 aromatic rings. The third-order valence-corrected chi connectivity index (χ3v) is 10.5. The second-order valence-electron chi connectivity index (χ2n) is 11.7. The molecular formula is C25H33NO5. The molecule has 2 aliphatic heterocycles. The molecule has 4 aliphatic carbocycles. The van der Waals surface area contributed by atoms with E-state index in [1.54, 1.807) is 4.90 Å². The van der Waals surface area contributed by atoms with Crippen molar-refractivity contribution in [3.63, 3.8) is 0 Å². The van der Waals surface area contributed by atoms with Gasteiger partial charge in [0.25, 0.3) is 0 Å². The molecule has 6 aliphatic rings. The van der Waals surface area contributed by atoms with Gasteiger partial charge in [-0.2, -0.15) is 0 Å². The highest BCUT2D eigenvalue weighted by molar-refractivity contribution is 5.92. The second kappa shape index (κ2) is 5.81. The number of epoxide rings is 1. The van der Waals surface area contributed by atoms with Crippen LogP contribution in [0.4, 0.5) is 0 Å². The van der Waals surface area contributed by atoms with Gasteiger partial charge in [0.1, 0.15) is 11.2 Å². The number of esters is 1. The smallest absolute Gasteiger partial charge is 0.306 e. The monoisotopic (exact) mass is 427 g/mol. The van der Waals surface area contributed by atoms with Crippen LogP contribution < -0.4 is 0 Å². The molecule has 0 radical (unpaired) electrons. The minimum atomic E-state index is -0.405. The minimum absolute atomic E-state index is 0.0624. The summed E-state index contributed by atoms with van der Waals surface area (Å²) in [5.74, 6) is 0.412. The van der Waals surface area contributed by atoms with Crippen LogP contribution >= 0.6 is 0 Å². The molecule has 0 N–H and O–H groups in total. The summed E-state index contributed by atoms with van der Waals surface area (Å²) in [5.41, 5.74) is -0.0133. The molecule has 2 unspecified atom stereocenters. The van der Waals surface area contributed by atoms with E-state index in [1.165, 1.54) is 0 Å². The van der Waals surface area contributed by atoms with Gasteiger partial charge in [-0.25, -0.2) is 0 Å². The standard InChI is InChI=1S/C25H33NO5/c1-22-8-5-15(27)11-14(22)12-16(21(29)26(3)4)20-17-6-9-24(10-7-19(28)31-24)23(17,2)13-18-25(20,22)30-18/h11,16-18,20H,5-10,12-13H2,1-4H3/t16-,17?,18-,20?,22+,23+,24-,25-/m1/s1. The van der Waals surface area contributed by atoms with Crippen LogP contribution in [0.25, 0.3) is 0 Å². The summed E-state index contributed by atoms with van der Waals surface area (Å²) in [6.45, 7) is 4.57. The molecule has 8 atom stereocenters. The molecule has 5 fully saturated rings. The van der Waals surface area contributed by atoms with Crippen molar-refractivity contribution in [2.24, 2.45) is 28.6 Å². The first-order valence-corrected chi connectivity index (χ1v) is 11.9. The molecule has 6 rings (SSSR count). The maximum Gasteiger partial charge on any atom is 0.306 e. The lowest BCUT2D eigenvalue weighted by Crippen LogP contribution is -2.63. The zero-order chi connectivity index (χ0) is 22.0. The van der Waals surface area contributed by atoms with Gasteiger partial charge in [-0.05, 0) is 50.5 Å². The fraction of sp³-hybridized carbons (Fsp3) is 0.800. The lowest BCUT2D eigenvalue weighted by molar-refractivity contribution is -0.169. The van der Waals surface area contributed by atoms with Crippen LogP contribution in [-0.4, -0.2) is 54.0 Å². The number of hydrogen-bond acceptors (Lipinski definition) is 5. The molecule has 6 nitrogen and oxygen atoms in total. The molecule has 168 valence electrons. The van der Waals surface area contributed by atoms with Crippen molar-refractivity contribution in [3.05, 3.63) is 11.6 Å². The summed E-state index contributed by atoms with van der Waals surface area (Å²) < 4.78 is 12.8. The van der Waals surface area contributed by atoms with Gasteiger partial charge in [-0.3, -0.25) is 14.4 Å². The van der Waals surface area contributed by atoms with E-state index in [0.717, 1.165) is 37.7 Å². The summed E-state index contributed by atoms with van der Waals surface area (Å²) in [6.07, 6.45) is 7.90. The summed E-state index contributed by atoms with van der Waals surface area (Å²) in [6, 6.07) is 0. The maximum absolute atomic E-state index is 13.5. The summed E-state index contributed by atoms with van der Waals surface area (Å²) >= 11 is 0. The largest absolute Gasteiger partial charge is 0.458 e. The fourth-order valence-electron chi connectivity index (χ4n) is 8.88. The van der Waals surface area contributed by atoms with Crippen LogP contribution in [0.5, 0.6) is 0 Å². The molecule has 0 aromatic heterocycles. The molecule has 2 heterocycles. The van der Waals surface area contributed by atoms with Gasteiger partial charge < -0.3 is 14.4 Å². The number of ether oxygens (including phenoxy) is 2. The van der Waals surface area contributed by atoms with E-state index in [2.05, 4.69) is 13.8 Å². The normalized spacial score (nSPS) is 51.9. The van der Waals surface area contributed by atoms with E-state index in [9.17, 15) is 14.4 Å². The van der Waals surface area contributed by atoms with Gasteiger partial charge in [-0.15, -0.1) is 0 Å². The highest BCUT2D eigenvalue weighted by Gasteiger charge is 2.83. The van der Waals surface area contributed by atoms with Gasteiger partial charge in [0.15, 0.2) is 5.78 Å². The zero-order valence-electron chi connectivity index (χ0n) is 19.0. The zero-order valence-corrected chi connectivity index (χ0v) is 19.0. The quantitative estimate of drug-likeness (QED) is 0.475. The van der Waals surface area contributed by atoms with Crippen molar-refractivity contribution in [1.82, 2.24) is 4.90 Å². The maximum atomic E-state index is 13.5. The van der Waals surface area contributed by atoms with E-state index in [-0.39, 0.29) is 57.9 Å². The molecule has 1 amide bonds. The van der Waals surface area contributed by atoms with Crippen molar-refractivity contribution in [2.45, 2.75) is 82.5 Å². The van der Waals surface area contributed by atoms with Gasteiger partial charge in [-0.1, -0.05) is 19.4 Å². The highest BCUT2D eigenvalue weighted by atomic mass is 16.6. The van der Waals surface area contributed by atoms with Gasteiger partial charge in [0, 0.05) is 49.6 Å². The number of fused-ring (bicyclic) bond motifs is 4. The Morgan fingerprint density at radius 1 is 1.13 bits per heavy atom. The predicted molar refractivity (Wildman–Crippen MR) is 112 cm³/mol. The SMILES string of the molecule is CN(C)C(=O)[C@@H]1CC2=CC(=O)CC[C@]2(C)[C@@]23O[C@@H]2C[C@@]2(C)C(CC[C@@]24CCC(=O)O4)C13. The van der Waals surface area contributed by atoms with E-state index in [1.807, 2.05) is 20.2 Å². The van der Waals surface area contributed by atoms with Crippen molar-refractivity contribution < 1.29 is 23.9 Å². The van der Waals surface area contributed by atoms with Crippen LogP contribution in [0, 0.1) is 28.6 Å². The first-order chi connectivity index (χ1) is 14.6. The average Bonchev–Trinajstić information content (AvgIpc) is 3.20. The summed E-state index contributed by atoms with van der Waals surface area (Å²) in [5, 5.41) is 0. The van der Waals surface area contributed by atoms with Crippen molar-refractivity contribution in [3.8, 4) is 0 Å². The molecule has 31 heavy (non-hydrogen) atoms. The molecule has 0 bridgehead atoms. The molecule has 2 spiro atoms. The topological polar surface area (TPSA) is 76.2 Å². The fourth-order valence-corrected chi connectivity index (χ4v) is 8.88. The van der Waals surface area contributed by atoms with E-state index in [4.69, 9.17) is 9.47 Å². The second-order valence-corrected chi connectivity index (χ2v) is 11.7. The highest BCUT2D eigenvalue weighted by Crippen LogP contribution is 2.78. The third kappa shape index (κ3) is 2.16. The van der Waals surface area contributed by atoms with Crippen molar-refractivity contribution in [2.75, 3.05) is 14.1 Å². The van der Waals surface area contributed by atoms with Crippen LogP contribution in [0.3, 0.4) is 0 Å². The minimum Gasteiger partial charge on any atom is -0.458 e. The van der Waals surface area contributed by atoms with Crippen molar-refractivity contribution >= 4 is 17.7 Å². The number of amides is 1. The number of carbonyl (C=O) groups is 3. The van der Waals surface area contributed by atoms with Crippen LogP contribution in [-0.2, 0) is 23.9 Å². The summed E-state index contributed by atoms with van der Waals surface area (Å²) in [7, 11) is 3.65. The Hall–Kier alpha value is -1.69. The summed E-state index contributed by atoms with van der Waals surface area (Å²) in [4.78, 5) is 39.7. The average molecular weight is 428 g/mol. The molecule has 0 aromatic carbocycles. The molecular weight excluding hydrogens is 394 g/mol. The van der Waals surface area contributed by atoms with Crippen LogP contribution in [0.15, 0.2) is 11.6 Å². The molecule has 2 saturated heterocycles. The Labute approximate surface area is 183 Å². The number of ketones is 1. The Morgan fingerprint density at radius 2 is 1.90 bits per heavy atom. The van der Waals surface area contributed by atoms with E-state index >= 15 is 0 Å². The first-order valence-electron chi connectivity index (χ1n) is 11.9. The van der Waals surface area contributed by atoms with Crippen molar-refractivity contribution in [1.29, 1.82) is 0 Å². The number of nitrogens with zero attached hydrogens (tertiary/aromatic N) is 1. The van der Waals surface area contributed by atoms with Gasteiger partial charge >= 0.3 is 5.97 Å². The molecule has 6 heteroatoms. The van der Waals surface area contributed by atoms with Crippen LogP contribution in [0.2, 0.25) is 0 Å². The van der Waals surface area contributed by atoms with Gasteiger partial charge in [0.05, 0.1) is 6.10 Å². The van der Waals surface area contributed by atoms with E-state index < -0.39 is 5.60 Å².